The second kappa shape index (κ2) is 8.39. The molecule has 1 amide bonds. The highest BCUT2D eigenvalue weighted by molar-refractivity contribution is 5.79. The van der Waals surface area contributed by atoms with Crippen LogP contribution in [-0.2, 0) is 20.7 Å². The van der Waals surface area contributed by atoms with E-state index in [-0.39, 0.29) is 17.7 Å². The first-order chi connectivity index (χ1) is 11.8. The van der Waals surface area contributed by atoms with Gasteiger partial charge in [-0.05, 0) is 19.3 Å². The van der Waals surface area contributed by atoms with Gasteiger partial charge in [-0.15, -0.1) is 0 Å². The summed E-state index contributed by atoms with van der Waals surface area (Å²) in [6.07, 6.45) is 5.91. The van der Waals surface area contributed by atoms with Crippen LogP contribution in [0.1, 0.15) is 18.5 Å². The Bertz CT molecular complexity index is 548. The Kier molecular flexibility index (Phi) is 5.98. The summed E-state index contributed by atoms with van der Waals surface area (Å²) in [7, 11) is 1.83. The lowest BCUT2D eigenvalue weighted by Crippen LogP contribution is -2.41. The second-order valence-electron chi connectivity index (χ2n) is 6.46. The van der Waals surface area contributed by atoms with Gasteiger partial charge >= 0.3 is 0 Å². The SMILES string of the molecule is CNc1cncc(C[C@@H]2COCCN(C(=O)C3CCOCC3)C2)n1. The molecule has 24 heavy (non-hydrogen) atoms. The fraction of sp³-hybridized carbons (Fsp3) is 0.706. The molecule has 3 rings (SSSR count). The summed E-state index contributed by atoms with van der Waals surface area (Å²) in [5.41, 5.74) is 0.927. The highest BCUT2D eigenvalue weighted by atomic mass is 16.5. The molecular formula is C17H26N4O3. The van der Waals surface area contributed by atoms with Crippen molar-refractivity contribution < 1.29 is 14.3 Å². The Morgan fingerprint density at radius 3 is 2.92 bits per heavy atom. The van der Waals surface area contributed by atoms with Crippen molar-refractivity contribution in [2.24, 2.45) is 11.8 Å². The van der Waals surface area contributed by atoms with Crippen molar-refractivity contribution in [1.82, 2.24) is 14.9 Å². The zero-order chi connectivity index (χ0) is 16.8. The Balaban J connectivity index is 1.62. The molecule has 7 heteroatoms. The van der Waals surface area contributed by atoms with Crippen LogP contribution in [0.3, 0.4) is 0 Å². The molecule has 0 saturated carbocycles. The normalized spacial score (nSPS) is 22.9. The fourth-order valence-corrected chi connectivity index (χ4v) is 3.33. The van der Waals surface area contributed by atoms with Crippen LogP contribution in [0.25, 0.3) is 0 Å². The molecule has 0 aliphatic carbocycles. The molecule has 0 unspecified atom stereocenters. The average Bonchev–Trinajstić information content (AvgIpc) is 2.87. The van der Waals surface area contributed by atoms with E-state index < -0.39 is 0 Å². The monoisotopic (exact) mass is 334 g/mol. The molecule has 1 aromatic rings. The van der Waals surface area contributed by atoms with Crippen molar-refractivity contribution in [2.75, 3.05) is 51.9 Å². The van der Waals surface area contributed by atoms with E-state index in [2.05, 4.69) is 15.3 Å². The molecule has 1 N–H and O–H groups in total. The first-order valence-corrected chi connectivity index (χ1v) is 8.69. The number of aromatic nitrogens is 2. The van der Waals surface area contributed by atoms with Gasteiger partial charge in [-0.25, -0.2) is 4.98 Å². The third-order valence-corrected chi connectivity index (χ3v) is 4.66. The van der Waals surface area contributed by atoms with Crippen LogP contribution in [0.5, 0.6) is 0 Å². The molecule has 0 bridgehead atoms. The van der Waals surface area contributed by atoms with E-state index in [0.717, 1.165) is 37.3 Å². The van der Waals surface area contributed by atoms with Gasteiger partial charge in [0.15, 0.2) is 0 Å². The molecule has 0 radical (unpaired) electrons. The van der Waals surface area contributed by atoms with Crippen LogP contribution in [0.15, 0.2) is 12.4 Å². The minimum Gasteiger partial charge on any atom is -0.381 e. The maximum atomic E-state index is 12.8. The zero-order valence-corrected chi connectivity index (χ0v) is 14.2. The summed E-state index contributed by atoms with van der Waals surface area (Å²) < 4.78 is 11.1. The maximum absolute atomic E-state index is 12.8. The number of ether oxygens (including phenoxy) is 2. The molecule has 2 aliphatic rings. The second-order valence-corrected chi connectivity index (χ2v) is 6.46. The molecule has 132 valence electrons. The van der Waals surface area contributed by atoms with Gasteiger partial charge in [0.25, 0.3) is 0 Å². The van der Waals surface area contributed by atoms with Crippen molar-refractivity contribution >= 4 is 11.7 Å². The van der Waals surface area contributed by atoms with Crippen LogP contribution < -0.4 is 5.32 Å². The van der Waals surface area contributed by atoms with E-state index in [1.165, 1.54) is 0 Å². The van der Waals surface area contributed by atoms with Gasteiger partial charge < -0.3 is 19.7 Å². The molecule has 1 atom stereocenters. The topological polar surface area (TPSA) is 76.6 Å². The van der Waals surface area contributed by atoms with Crippen molar-refractivity contribution in [3.63, 3.8) is 0 Å². The molecule has 7 nitrogen and oxygen atoms in total. The summed E-state index contributed by atoms with van der Waals surface area (Å²) in [4.78, 5) is 23.5. The van der Waals surface area contributed by atoms with Crippen molar-refractivity contribution in [2.45, 2.75) is 19.3 Å². The van der Waals surface area contributed by atoms with E-state index >= 15 is 0 Å². The quantitative estimate of drug-likeness (QED) is 0.884. The average molecular weight is 334 g/mol. The van der Waals surface area contributed by atoms with Gasteiger partial charge in [0, 0.05) is 51.4 Å². The van der Waals surface area contributed by atoms with E-state index in [1.807, 2.05) is 11.9 Å². The smallest absolute Gasteiger partial charge is 0.225 e. The number of carbonyl (C=O) groups is 1. The van der Waals surface area contributed by atoms with Crippen LogP contribution in [0.4, 0.5) is 5.82 Å². The first kappa shape index (κ1) is 17.1. The lowest BCUT2D eigenvalue weighted by molar-refractivity contribution is -0.138. The largest absolute Gasteiger partial charge is 0.381 e. The van der Waals surface area contributed by atoms with Crippen molar-refractivity contribution in [3.8, 4) is 0 Å². The maximum Gasteiger partial charge on any atom is 0.225 e. The van der Waals surface area contributed by atoms with Gasteiger partial charge in [-0.2, -0.15) is 0 Å². The third kappa shape index (κ3) is 4.42. The molecule has 2 aliphatic heterocycles. The number of amides is 1. The zero-order valence-electron chi connectivity index (χ0n) is 14.2. The Hall–Kier alpha value is -1.73. The molecule has 0 spiro atoms. The van der Waals surface area contributed by atoms with Crippen LogP contribution in [0, 0.1) is 11.8 Å². The highest BCUT2D eigenvalue weighted by Crippen LogP contribution is 2.20. The van der Waals surface area contributed by atoms with Crippen LogP contribution in [0.2, 0.25) is 0 Å². The number of anilines is 1. The summed E-state index contributed by atoms with van der Waals surface area (Å²) >= 11 is 0. The fourth-order valence-electron chi connectivity index (χ4n) is 3.33. The molecule has 2 saturated heterocycles. The predicted molar refractivity (Wildman–Crippen MR) is 89.7 cm³/mol. The van der Waals surface area contributed by atoms with Gasteiger partial charge in [-0.3, -0.25) is 9.78 Å². The number of carbonyl (C=O) groups excluding carboxylic acids is 1. The minimum absolute atomic E-state index is 0.102. The van der Waals surface area contributed by atoms with Gasteiger partial charge in [-0.1, -0.05) is 0 Å². The molecule has 1 aromatic heterocycles. The van der Waals surface area contributed by atoms with Gasteiger partial charge in [0.1, 0.15) is 5.82 Å². The van der Waals surface area contributed by atoms with E-state index in [9.17, 15) is 4.79 Å². The molecule has 3 heterocycles. The first-order valence-electron chi connectivity index (χ1n) is 8.69. The highest BCUT2D eigenvalue weighted by Gasteiger charge is 2.29. The van der Waals surface area contributed by atoms with Gasteiger partial charge in [0.05, 0.1) is 25.1 Å². The lowest BCUT2D eigenvalue weighted by Gasteiger charge is -2.29. The summed E-state index contributed by atoms with van der Waals surface area (Å²) in [6.45, 7) is 4.04. The number of hydrogen-bond donors (Lipinski definition) is 1. The number of nitrogens with one attached hydrogen (secondary N) is 1. The number of nitrogens with zero attached hydrogens (tertiary/aromatic N) is 3. The number of rotatable bonds is 4. The third-order valence-electron chi connectivity index (χ3n) is 4.66. The Morgan fingerprint density at radius 1 is 1.29 bits per heavy atom. The van der Waals surface area contributed by atoms with Crippen LogP contribution in [-0.4, -0.2) is 67.3 Å². The Labute approximate surface area is 142 Å². The number of hydrogen-bond acceptors (Lipinski definition) is 6. The van der Waals surface area contributed by atoms with Gasteiger partial charge in [0.2, 0.25) is 5.91 Å². The Morgan fingerprint density at radius 2 is 2.12 bits per heavy atom. The minimum atomic E-state index is 0.102. The lowest BCUT2D eigenvalue weighted by atomic mass is 9.97. The van der Waals surface area contributed by atoms with E-state index in [1.54, 1.807) is 12.4 Å². The van der Waals surface area contributed by atoms with Crippen molar-refractivity contribution in [1.29, 1.82) is 0 Å². The van der Waals surface area contributed by atoms with Crippen molar-refractivity contribution in [3.05, 3.63) is 18.1 Å². The predicted octanol–water partition coefficient (Wildman–Crippen LogP) is 0.962. The van der Waals surface area contributed by atoms with E-state index in [4.69, 9.17) is 9.47 Å². The summed E-state index contributed by atoms with van der Waals surface area (Å²) in [5.74, 6) is 1.36. The summed E-state index contributed by atoms with van der Waals surface area (Å²) in [5, 5.41) is 3.01. The molecular weight excluding hydrogens is 308 g/mol. The molecule has 0 aromatic carbocycles. The summed E-state index contributed by atoms with van der Waals surface area (Å²) in [6, 6.07) is 0. The van der Waals surface area contributed by atoms with Crippen LogP contribution >= 0.6 is 0 Å². The molecule has 2 fully saturated rings. The van der Waals surface area contributed by atoms with E-state index in [0.29, 0.717) is 33.0 Å². The standard InChI is InChI=1S/C17H26N4O3/c1-18-16-10-19-9-15(20-16)8-13-11-21(4-7-24-12-13)17(22)14-2-5-23-6-3-14/h9-10,13-14H,2-8,11-12H2,1H3,(H,18,20)/t13-/m0/s1.